The summed E-state index contributed by atoms with van der Waals surface area (Å²) in [5.74, 6) is 0.0747. The fraction of sp³-hybridized carbons (Fsp3) is 0.267. The largest absolute Gasteiger partial charge is 0.339 e. The molecule has 0 aliphatic carbocycles. The Bertz CT molecular complexity index is 720. The van der Waals surface area contributed by atoms with Crippen LogP contribution in [-0.2, 0) is 4.79 Å². The molecule has 1 amide bonds. The second-order valence-electron chi connectivity index (χ2n) is 4.74. The number of carbonyl (C=O) groups excluding carboxylic acids is 1. The van der Waals surface area contributed by atoms with Crippen molar-refractivity contribution >= 4 is 33.5 Å². The van der Waals surface area contributed by atoms with Crippen LogP contribution < -0.4 is 0 Å². The first kappa shape index (κ1) is 12.8. The van der Waals surface area contributed by atoms with Crippen LogP contribution >= 0.6 is 11.3 Å². The Morgan fingerprint density at radius 3 is 2.95 bits per heavy atom. The number of carbonyl (C=O) groups is 1. The van der Waals surface area contributed by atoms with Crippen LogP contribution in [-0.4, -0.2) is 28.9 Å². The van der Waals surface area contributed by atoms with E-state index in [1.807, 2.05) is 23.1 Å². The minimum atomic E-state index is 0.0747. The Morgan fingerprint density at radius 2 is 2.20 bits per heavy atom. The van der Waals surface area contributed by atoms with Gasteiger partial charge < -0.3 is 4.90 Å². The third kappa shape index (κ3) is 2.56. The number of nitrogens with zero attached hydrogens (tertiary/aromatic N) is 3. The summed E-state index contributed by atoms with van der Waals surface area (Å²) in [6.45, 7) is 1.73. The van der Waals surface area contributed by atoms with E-state index < -0.39 is 0 Å². The predicted molar refractivity (Wildman–Crippen MR) is 79.2 cm³/mol. The molecular formula is C15H13N3OS. The van der Waals surface area contributed by atoms with Gasteiger partial charge in [-0.15, -0.1) is 11.3 Å². The first-order chi connectivity index (χ1) is 9.76. The van der Waals surface area contributed by atoms with E-state index in [1.54, 1.807) is 12.3 Å². The van der Waals surface area contributed by atoms with Gasteiger partial charge in [0.2, 0.25) is 5.91 Å². The van der Waals surface area contributed by atoms with Crippen LogP contribution in [0.1, 0.15) is 23.3 Å². The Hall–Kier alpha value is -2.19. The van der Waals surface area contributed by atoms with Crippen LogP contribution in [0.15, 0.2) is 24.4 Å². The van der Waals surface area contributed by atoms with Crippen molar-refractivity contribution < 1.29 is 4.79 Å². The molecule has 1 aliphatic heterocycles. The van der Waals surface area contributed by atoms with Gasteiger partial charge in [-0.2, -0.15) is 5.26 Å². The lowest BCUT2D eigenvalue weighted by Gasteiger charge is -2.11. The highest BCUT2D eigenvalue weighted by atomic mass is 32.1. The SMILES string of the molecule is N#Cc1cnc2sc(C=CC(=O)N3CCCC3)cc2c1. The molecular weight excluding hydrogens is 270 g/mol. The molecule has 0 spiro atoms. The smallest absolute Gasteiger partial charge is 0.246 e. The number of fused-ring (bicyclic) bond motifs is 1. The summed E-state index contributed by atoms with van der Waals surface area (Å²) in [4.78, 5) is 19.9. The normalized spacial score (nSPS) is 15.1. The quantitative estimate of drug-likeness (QED) is 0.796. The maximum atomic E-state index is 11.9. The van der Waals surface area contributed by atoms with Gasteiger partial charge in [0.05, 0.1) is 5.56 Å². The van der Waals surface area contributed by atoms with Crippen LogP contribution in [0.2, 0.25) is 0 Å². The van der Waals surface area contributed by atoms with Gasteiger partial charge >= 0.3 is 0 Å². The fourth-order valence-corrected chi connectivity index (χ4v) is 3.18. The summed E-state index contributed by atoms with van der Waals surface area (Å²) in [6.07, 6.45) is 7.23. The average Bonchev–Trinajstić information content (AvgIpc) is 3.12. The first-order valence-corrected chi connectivity index (χ1v) is 7.34. The molecule has 2 aromatic rings. The van der Waals surface area contributed by atoms with Gasteiger partial charge in [-0.25, -0.2) is 4.98 Å². The van der Waals surface area contributed by atoms with Gasteiger partial charge in [0.15, 0.2) is 0 Å². The number of hydrogen-bond acceptors (Lipinski definition) is 4. The summed E-state index contributed by atoms with van der Waals surface area (Å²) in [6, 6.07) is 5.86. The van der Waals surface area contributed by atoms with Gasteiger partial charge in [-0.1, -0.05) is 0 Å². The van der Waals surface area contributed by atoms with Crippen LogP contribution in [0.5, 0.6) is 0 Å². The van der Waals surface area contributed by atoms with Gasteiger partial charge in [0, 0.05) is 35.6 Å². The average molecular weight is 283 g/mol. The second kappa shape index (κ2) is 5.43. The maximum Gasteiger partial charge on any atom is 0.246 e. The van der Waals surface area contributed by atoms with E-state index in [-0.39, 0.29) is 5.91 Å². The lowest BCUT2D eigenvalue weighted by Crippen LogP contribution is -2.25. The number of rotatable bonds is 2. The molecule has 0 saturated carbocycles. The number of aromatic nitrogens is 1. The minimum Gasteiger partial charge on any atom is -0.339 e. The number of nitriles is 1. The molecule has 1 aliphatic rings. The molecule has 4 nitrogen and oxygen atoms in total. The van der Waals surface area contributed by atoms with Crippen molar-refractivity contribution in [1.29, 1.82) is 5.26 Å². The lowest BCUT2D eigenvalue weighted by molar-refractivity contribution is -0.124. The molecule has 3 rings (SSSR count). The molecule has 3 heterocycles. The molecule has 1 fully saturated rings. The predicted octanol–water partition coefficient (Wildman–Crippen LogP) is 2.80. The lowest BCUT2D eigenvalue weighted by atomic mass is 10.2. The molecule has 0 unspecified atom stereocenters. The monoisotopic (exact) mass is 283 g/mol. The Morgan fingerprint density at radius 1 is 1.40 bits per heavy atom. The van der Waals surface area contributed by atoms with Crippen LogP contribution in [0.25, 0.3) is 16.3 Å². The summed E-state index contributed by atoms with van der Waals surface area (Å²) >= 11 is 1.52. The molecule has 100 valence electrons. The van der Waals surface area contributed by atoms with Crippen molar-refractivity contribution in [3.05, 3.63) is 34.8 Å². The molecule has 5 heteroatoms. The number of thiophene rings is 1. The zero-order valence-corrected chi connectivity index (χ0v) is 11.7. The van der Waals surface area contributed by atoms with Crippen molar-refractivity contribution in [1.82, 2.24) is 9.88 Å². The van der Waals surface area contributed by atoms with Crippen molar-refractivity contribution in [3.8, 4) is 6.07 Å². The van der Waals surface area contributed by atoms with Gasteiger partial charge in [0.1, 0.15) is 10.9 Å². The molecule has 0 aromatic carbocycles. The molecule has 2 aromatic heterocycles. The molecule has 0 bridgehead atoms. The number of pyridine rings is 1. The zero-order valence-electron chi connectivity index (χ0n) is 10.9. The number of amides is 1. The Balaban J connectivity index is 1.80. The Labute approximate surface area is 121 Å². The third-order valence-corrected chi connectivity index (χ3v) is 4.35. The highest BCUT2D eigenvalue weighted by Gasteiger charge is 2.15. The second-order valence-corrected chi connectivity index (χ2v) is 5.81. The maximum absolute atomic E-state index is 11.9. The first-order valence-electron chi connectivity index (χ1n) is 6.53. The van der Waals surface area contributed by atoms with E-state index in [0.29, 0.717) is 5.56 Å². The van der Waals surface area contributed by atoms with Crippen molar-refractivity contribution in [2.75, 3.05) is 13.1 Å². The van der Waals surface area contributed by atoms with E-state index in [0.717, 1.165) is 41.0 Å². The highest BCUT2D eigenvalue weighted by Crippen LogP contribution is 2.25. The van der Waals surface area contributed by atoms with E-state index in [4.69, 9.17) is 5.26 Å². The summed E-state index contributed by atoms with van der Waals surface area (Å²) in [5, 5.41) is 9.80. The van der Waals surface area contributed by atoms with Crippen molar-refractivity contribution in [2.45, 2.75) is 12.8 Å². The number of likely N-dealkylation sites (tertiary alicyclic amines) is 1. The molecule has 1 saturated heterocycles. The van der Waals surface area contributed by atoms with Crippen LogP contribution in [0.4, 0.5) is 0 Å². The topological polar surface area (TPSA) is 57.0 Å². The van der Waals surface area contributed by atoms with E-state index >= 15 is 0 Å². The molecule has 20 heavy (non-hydrogen) atoms. The van der Waals surface area contributed by atoms with Crippen LogP contribution in [0.3, 0.4) is 0 Å². The summed E-state index contributed by atoms with van der Waals surface area (Å²) < 4.78 is 0. The Kier molecular flexibility index (Phi) is 3.48. The molecule has 0 atom stereocenters. The van der Waals surface area contributed by atoms with Gasteiger partial charge in [-0.3, -0.25) is 4.79 Å². The summed E-state index contributed by atoms with van der Waals surface area (Å²) in [7, 11) is 0. The fourth-order valence-electron chi connectivity index (χ4n) is 2.29. The molecule has 0 N–H and O–H groups in total. The minimum absolute atomic E-state index is 0.0747. The number of hydrogen-bond donors (Lipinski definition) is 0. The van der Waals surface area contributed by atoms with E-state index in [2.05, 4.69) is 11.1 Å². The molecule has 0 radical (unpaired) electrons. The van der Waals surface area contributed by atoms with Gasteiger partial charge in [-0.05, 0) is 31.1 Å². The van der Waals surface area contributed by atoms with Gasteiger partial charge in [0.25, 0.3) is 0 Å². The van der Waals surface area contributed by atoms with Crippen LogP contribution in [0, 0.1) is 11.3 Å². The van der Waals surface area contributed by atoms with Crippen molar-refractivity contribution in [2.24, 2.45) is 0 Å². The van der Waals surface area contributed by atoms with E-state index in [9.17, 15) is 4.79 Å². The standard InChI is InChI=1S/C15H13N3OS/c16-9-11-7-12-8-13(20-15(12)17-10-11)3-4-14(19)18-5-1-2-6-18/h3-4,7-8,10H,1-2,5-6H2. The van der Waals surface area contributed by atoms with Crippen molar-refractivity contribution in [3.63, 3.8) is 0 Å². The van der Waals surface area contributed by atoms with E-state index in [1.165, 1.54) is 11.3 Å². The zero-order chi connectivity index (χ0) is 13.9. The highest BCUT2D eigenvalue weighted by molar-refractivity contribution is 7.19. The third-order valence-electron chi connectivity index (χ3n) is 3.33. The summed E-state index contributed by atoms with van der Waals surface area (Å²) in [5.41, 5.74) is 0.555.